The van der Waals surface area contributed by atoms with E-state index in [1.54, 1.807) is 0 Å². The van der Waals surface area contributed by atoms with E-state index in [0.717, 1.165) is 12.5 Å². The Labute approximate surface area is 100 Å². The fraction of sp³-hybridized carbons (Fsp3) is 0.867. The van der Waals surface area contributed by atoms with Crippen LogP contribution in [0.25, 0.3) is 0 Å². The van der Waals surface area contributed by atoms with E-state index in [-0.39, 0.29) is 5.60 Å². The summed E-state index contributed by atoms with van der Waals surface area (Å²) in [7, 11) is 0. The first-order valence-electron chi connectivity index (χ1n) is 6.73. The second-order valence-corrected chi connectivity index (χ2v) is 6.49. The highest BCUT2D eigenvalue weighted by atomic mass is 16.5. The zero-order valence-electron chi connectivity index (χ0n) is 11.3. The molecule has 2 rings (SSSR count). The van der Waals surface area contributed by atoms with Gasteiger partial charge in [-0.1, -0.05) is 26.0 Å². The van der Waals surface area contributed by atoms with Gasteiger partial charge in [0.1, 0.15) is 0 Å². The van der Waals surface area contributed by atoms with Crippen molar-refractivity contribution in [3.05, 3.63) is 12.2 Å². The largest absolute Gasteiger partial charge is 0.375 e. The van der Waals surface area contributed by atoms with Crippen molar-refractivity contribution in [3.8, 4) is 0 Å². The Morgan fingerprint density at radius 2 is 1.81 bits per heavy atom. The molecule has 16 heavy (non-hydrogen) atoms. The minimum absolute atomic E-state index is 0.0683. The molecule has 0 amide bonds. The van der Waals surface area contributed by atoms with Gasteiger partial charge >= 0.3 is 0 Å². The predicted octanol–water partition coefficient (Wildman–Crippen LogP) is 4.18. The molecule has 92 valence electrons. The third kappa shape index (κ3) is 1.73. The molecule has 0 N–H and O–H groups in total. The summed E-state index contributed by atoms with van der Waals surface area (Å²) in [6.07, 6.45) is 5.06. The smallest absolute Gasteiger partial charge is 0.0719 e. The number of rotatable bonds is 2. The van der Waals surface area contributed by atoms with Crippen LogP contribution in [0.1, 0.15) is 53.4 Å². The molecule has 0 aromatic rings. The molecule has 3 atom stereocenters. The van der Waals surface area contributed by atoms with E-state index in [0.29, 0.717) is 11.3 Å². The lowest BCUT2D eigenvalue weighted by molar-refractivity contribution is -0.105. The van der Waals surface area contributed by atoms with E-state index in [1.165, 1.54) is 31.3 Å². The summed E-state index contributed by atoms with van der Waals surface area (Å²) >= 11 is 0. The van der Waals surface area contributed by atoms with Crippen molar-refractivity contribution in [2.75, 3.05) is 6.61 Å². The molecule has 2 aliphatic rings. The highest BCUT2D eigenvalue weighted by Gasteiger charge is 2.50. The highest BCUT2D eigenvalue weighted by Crippen LogP contribution is 2.56. The van der Waals surface area contributed by atoms with Crippen LogP contribution in [-0.4, -0.2) is 12.2 Å². The molecule has 0 aromatic carbocycles. The van der Waals surface area contributed by atoms with Crippen LogP contribution in [0.5, 0.6) is 0 Å². The Bertz CT molecular complexity index is 292. The van der Waals surface area contributed by atoms with Crippen molar-refractivity contribution in [2.24, 2.45) is 17.3 Å². The van der Waals surface area contributed by atoms with Gasteiger partial charge in [-0.05, 0) is 50.9 Å². The van der Waals surface area contributed by atoms with Crippen LogP contribution >= 0.6 is 0 Å². The van der Waals surface area contributed by atoms with E-state index in [2.05, 4.69) is 34.3 Å². The molecule has 2 bridgehead atoms. The van der Waals surface area contributed by atoms with Crippen LogP contribution < -0.4 is 0 Å². The summed E-state index contributed by atoms with van der Waals surface area (Å²) < 4.78 is 6.03. The first-order chi connectivity index (χ1) is 7.41. The number of hydrogen-bond acceptors (Lipinski definition) is 1. The minimum Gasteiger partial charge on any atom is -0.375 e. The molecule has 0 aromatic heterocycles. The first kappa shape index (κ1) is 12.2. The Balaban J connectivity index is 2.23. The monoisotopic (exact) mass is 222 g/mol. The predicted molar refractivity (Wildman–Crippen MR) is 68.4 cm³/mol. The molecular weight excluding hydrogens is 196 g/mol. The van der Waals surface area contributed by atoms with E-state index in [4.69, 9.17) is 4.74 Å². The van der Waals surface area contributed by atoms with E-state index < -0.39 is 0 Å². The Morgan fingerprint density at radius 1 is 1.19 bits per heavy atom. The van der Waals surface area contributed by atoms with Gasteiger partial charge in [-0.3, -0.25) is 0 Å². The molecule has 0 heterocycles. The molecule has 0 spiro atoms. The molecule has 0 unspecified atom stereocenters. The number of fused-ring (bicyclic) bond motifs is 2. The lowest BCUT2D eigenvalue weighted by Gasteiger charge is -2.54. The van der Waals surface area contributed by atoms with E-state index >= 15 is 0 Å². The molecule has 1 heteroatoms. The maximum Gasteiger partial charge on any atom is 0.0719 e. The minimum atomic E-state index is 0.0683. The van der Waals surface area contributed by atoms with Crippen LogP contribution in [0.15, 0.2) is 12.2 Å². The van der Waals surface area contributed by atoms with Gasteiger partial charge in [-0.25, -0.2) is 0 Å². The fourth-order valence-electron chi connectivity index (χ4n) is 4.00. The van der Waals surface area contributed by atoms with E-state index in [1.807, 2.05) is 0 Å². The van der Waals surface area contributed by atoms with Gasteiger partial charge in [-0.2, -0.15) is 0 Å². The fourth-order valence-corrected chi connectivity index (χ4v) is 4.00. The van der Waals surface area contributed by atoms with Crippen molar-refractivity contribution < 1.29 is 4.74 Å². The molecule has 0 radical (unpaired) electrons. The van der Waals surface area contributed by atoms with Gasteiger partial charge in [0.15, 0.2) is 0 Å². The zero-order chi connectivity index (χ0) is 12.0. The number of hydrogen-bond donors (Lipinski definition) is 0. The van der Waals surface area contributed by atoms with Crippen LogP contribution in [0.3, 0.4) is 0 Å². The molecular formula is C15H26O. The summed E-state index contributed by atoms with van der Waals surface area (Å²) in [6, 6.07) is 0. The van der Waals surface area contributed by atoms with Crippen molar-refractivity contribution >= 4 is 0 Å². The third-order valence-electron chi connectivity index (χ3n) is 5.06. The van der Waals surface area contributed by atoms with Gasteiger partial charge in [0.25, 0.3) is 0 Å². The van der Waals surface area contributed by atoms with Crippen molar-refractivity contribution in [1.29, 1.82) is 0 Å². The van der Waals surface area contributed by atoms with Crippen molar-refractivity contribution in [3.63, 3.8) is 0 Å². The van der Waals surface area contributed by atoms with Crippen LogP contribution in [-0.2, 0) is 4.74 Å². The summed E-state index contributed by atoms with van der Waals surface area (Å²) in [5, 5.41) is 0. The third-order valence-corrected chi connectivity index (χ3v) is 5.06. The average molecular weight is 222 g/mol. The highest BCUT2D eigenvalue weighted by molar-refractivity contribution is 5.21. The first-order valence-corrected chi connectivity index (χ1v) is 6.73. The van der Waals surface area contributed by atoms with Gasteiger partial charge < -0.3 is 4.74 Å². The molecule has 2 saturated carbocycles. The zero-order valence-corrected chi connectivity index (χ0v) is 11.3. The molecule has 0 aliphatic heterocycles. The lowest BCUT2D eigenvalue weighted by atomic mass is 9.54. The van der Waals surface area contributed by atoms with Crippen molar-refractivity contribution in [2.45, 2.75) is 59.0 Å². The van der Waals surface area contributed by atoms with Gasteiger partial charge in [0.2, 0.25) is 0 Å². The maximum absolute atomic E-state index is 6.03. The lowest BCUT2D eigenvalue weighted by Crippen LogP contribution is -2.50. The summed E-state index contributed by atoms with van der Waals surface area (Å²) in [5.41, 5.74) is 2.00. The summed E-state index contributed by atoms with van der Waals surface area (Å²) in [4.78, 5) is 0. The van der Waals surface area contributed by atoms with Crippen LogP contribution in [0.2, 0.25) is 0 Å². The topological polar surface area (TPSA) is 9.23 Å². The van der Waals surface area contributed by atoms with Gasteiger partial charge in [0.05, 0.1) is 5.60 Å². The standard InChI is InChI=1S/C15H26O/c1-6-16-15(5)10-8-12-11(2)13(15)7-9-14(12,3)4/h12-13H,2,6-10H2,1,3-5H3/t12-,13-,15+/m1/s1. The normalized spacial score (nSPS) is 42.1. The van der Waals surface area contributed by atoms with E-state index in [9.17, 15) is 0 Å². The molecule has 1 nitrogen and oxygen atoms in total. The molecule has 2 fully saturated rings. The second-order valence-electron chi connectivity index (χ2n) is 6.49. The molecule has 0 saturated heterocycles. The molecule has 2 aliphatic carbocycles. The Morgan fingerprint density at radius 3 is 2.44 bits per heavy atom. The maximum atomic E-state index is 6.03. The Kier molecular flexibility index (Phi) is 2.94. The average Bonchev–Trinajstić information content (AvgIpc) is 2.15. The van der Waals surface area contributed by atoms with Crippen LogP contribution in [0.4, 0.5) is 0 Å². The number of ether oxygens (including phenoxy) is 1. The van der Waals surface area contributed by atoms with Gasteiger partial charge in [0, 0.05) is 12.5 Å². The Hall–Kier alpha value is -0.300. The summed E-state index contributed by atoms with van der Waals surface area (Å²) in [5.74, 6) is 1.32. The quantitative estimate of drug-likeness (QED) is 0.637. The second kappa shape index (κ2) is 3.87. The SMILES string of the molecule is C=C1[C@H]2CC[C@](C)(OCC)[C@@H]1CCC2(C)C. The van der Waals surface area contributed by atoms with Crippen LogP contribution in [0, 0.1) is 17.3 Å². The summed E-state index contributed by atoms with van der Waals surface area (Å²) in [6.45, 7) is 14.4. The van der Waals surface area contributed by atoms with Gasteiger partial charge in [-0.15, -0.1) is 0 Å². The van der Waals surface area contributed by atoms with Crippen molar-refractivity contribution in [1.82, 2.24) is 0 Å².